The average Bonchev–Trinajstić information content (AvgIpc) is 2.82. The number of carbonyl (C=O) groups excluding carboxylic acids is 1. The van der Waals surface area contributed by atoms with Crippen LogP contribution < -0.4 is 14.4 Å². The molecule has 34 heavy (non-hydrogen) atoms. The van der Waals surface area contributed by atoms with Crippen LogP contribution in [0.4, 0.5) is 10.1 Å². The highest BCUT2D eigenvalue weighted by Gasteiger charge is 2.18. The highest BCUT2D eigenvalue weighted by Crippen LogP contribution is 2.24. The van der Waals surface area contributed by atoms with Gasteiger partial charge in [-0.3, -0.25) is 9.10 Å². The minimum atomic E-state index is -3.58. The topological polar surface area (TPSA) is 75.7 Å². The van der Waals surface area contributed by atoms with Crippen molar-refractivity contribution in [3.8, 4) is 5.75 Å². The SMILES string of the molecule is CSc1ccc([C@@H](C)NC(=O)COc2ccc(N(Cc3ccc(F)cc3)S(C)(=O)=O)cc2)cc1. The lowest BCUT2D eigenvalue weighted by atomic mass is 10.1. The molecule has 0 aliphatic heterocycles. The molecule has 0 fully saturated rings. The molecule has 1 amide bonds. The highest BCUT2D eigenvalue weighted by molar-refractivity contribution is 7.98. The number of amides is 1. The van der Waals surface area contributed by atoms with Crippen LogP contribution in [0.15, 0.2) is 77.7 Å². The second-order valence-electron chi connectivity index (χ2n) is 7.74. The van der Waals surface area contributed by atoms with Crippen molar-refractivity contribution in [1.29, 1.82) is 0 Å². The molecule has 3 rings (SSSR count). The molecule has 0 spiro atoms. The van der Waals surface area contributed by atoms with E-state index in [9.17, 15) is 17.6 Å². The van der Waals surface area contributed by atoms with Gasteiger partial charge < -0.3 is 10.1 Å². The number of nitrogens with zero attached hydrogens (tertiary/aromatic N) is 1. The molecule has 0 aliphatic rings. The molecule has 3 aromatic carbocycles. The van der Waals surface area contributed by atoms with E-state index < -0.39 is 10.0 Å². The van der Waals surface area contributed by atoms with Crippen molar-refractivity contribution in [3.05, 3.63) is 89.7 Å². The molecule has 1 N–H and O–H groups in total. The molecule has 180 valence electrons. The number of ether oxygens (including phenoxy) is 1. The molecule has 6 nitrogen and oxygen atoms in total. The third kappa shape index (κ3) is 7.23. The quantitative estimate of drug-likeness (QED) is 0.404. The number of hydrogen-bond acceptors (Lipinski definition) is 5. The number of sulfonamides is 1. The fraction of sp³-hybridized carbons (Fsp3) is 0.240. The molecule has 3 aromatic rings. The molecule has 9 heteroatoms. The molecular weight excluding hydrogens is 475 g/mol. The van der Waals surface area contributed by atoms with Gasteiger partial charge in [0.2, 0.25) is 10.0 Å². The number of halogens is 1. The number of anilines is 1. The Balaban J connectivity index is 1.59. The van der Waals surface area contributed by atoms with Crippen LogP contribution in [-0.2, 0) is 21.4 Å². The molecule has 0 bridgehead atoms. The lowest BCUT2D eigenvalue weighted by Gasteiger charge is -2.23. The zero-order chi connectivity index (χ0) is 24.7. The van der Waals surface area contributed by atoms with E-state index in [1.807, 2.05) is 37.4 Å². The fourth-order valence-electron chi connectivity index (χ4n) is 3.27. The smallest absolute Gasteiger partial charge is 0.258 e. The second kappa shape index (κ2) is 11.4. The van der Waals surface area contributed by atoms with Crippen molar-refractivity contribution in [2.75, 3.05) is 23.4 Å². The van der Waals surface area contributed by atoms with Crippen molar-refractivity contribution in [2.24, 2.45) is 0 Å². The van der Waals surface area contributed by atoms with Gasteiger partial charge in [-0.05, 0) is 72.8 Å². The summed E-state index contributed by atoms with van der Waals surface area (Å²) in [7, 11) is -3.58. The standard InChI is InChI=1S/C25H27FN2O4S2/c1-18(20-6-14-24(33-2)15-7-20)27-25(29)17-32-23-12-10-22(11-13-23)28(34(3,30)31)16-19-4-8-21(26)9-5-19/h4-15,18H,16-17H2,1-3H3,(H,27,29)/t18-/m1/s1. The van der Waals surface area contributed by atoms with Crippen molar-refractivity contribution in [3.63, 3.8) is 0 Å². The molecule has 1 atom stereocenters. The van der Waals surface area contributed by atoms with Gasteiger partial charge in [0.25, 0.3) is 5.91 Å². The first-order chi connectivity index (χ1) is 16.2. The van der Waals surface area contributed by atoms with Gasteiger partial charge in [0, 0.05) is 4.90 Å². The minimum absolute atomic E-state index is 0.0670. The van der Waals surface area contributed by atoms with Crippen molar-refractivity contribution >= 4 is 33.4 Å². The maximum Gasteiger partial charge on any atom is 0.258 e. The summed E-state index contributed by atoms with van der Waals surface area (Å²) in [5.41, 5.74) is 2.09. The van der Waals surface area contributed by atoms with Gasteiger partial charge in [0.1, 0.15) is 11.6 Å². The Morgan fingerprint density at radius 2 is 1.65 bits per heavy atom. The van der Waals surface area contributed by atoms with Gasteiger partial charge in [-0.25, -0.2) is 12.8 Å². The fourth-order valence-corrected chi connectivity index (χ4v) is 4.57. The summed E-state index contributed by atoms with van der Waals surface area (Å²) in [6.07, 6.45) is 3.12. The Hall–Kier alpha value is -3.04. The summed E-state index contributed by atoms with van der Waals surface area (Å²) in [6.45, 7) is 1.80. The first-order valence-electron chi connectivity index (χ1n) is 10.5. The summed E-state index contributed by atoms with van der Waals surface area (Å²) in [5, 5.41) is 2.90. The van der Waals surface area contributed by atoms with Crippen LogP contribution in [0.1, 0.15) is 24.1 Å². The monoisotopic (exact) mass is 502 g/mol. The summed E-state index contributed by atoms with van der Waals surface area (Å²) >= 11 is 1.66. The van der Waals surface area contributed by atoms with Gasteiger partial charge in [0.15, 0.2) is 6.61 Å². The van der Waals surface area contributed by atoms with Gasteiger partial charge in [0.05, 0.1) is 24.5 Å². The van der Waals surface area contributed by atoms with Gasteiger partial charge >= 0.3 is 0 Å². The first kappa shape index (κ1) is 25.6. The molecule has 0 unspecified atom stereocenters. The zero-order valence-corrected chi connectivity index (χ0v) is 20.8. The Kier molecular flexibility index (Phi) is 8.57. The third-order valence-electron chi connectivity index (χ3n) is 5.13. The molecule has 0 heterocycles. The number of carbonyl (C=O) groups is 1. The first-order valence-corrected chi connectivity index (χ1v) is 13.6. The normalized spacial score (nSPS) is 12.1. The van der Waals surface area contributed by atoms with E-state index >= 15 is 0 Å². The van der Waals surface area contributed by atoms with Crippen molar-refractivity contribution in [2.45, 2.75) is 24.4 Å². The Morgan fingerprint density at radius 1 is 1.03 bits per heavy atom. The molecule has 0 aromatic heterocycles. The van der Waals surface area contributed by atoms with Crippen LogP contribution in [0.5, 0.6) is 5.75 Å². The van der Waals surface area contributed by atoms with E-state index in [0.717, 1.165) is 16.7 Å². The lowest BCUT2D eigenvalue weighted by Crippen LogP contribution is -2.31. The Bertz CT molecular complexity index is 1200. The number of nitrogens with one attached hydrogen (secondary N) is 1. The number of thioether (sulfide) groups is 1. The van der Waals surface area contributed by atoms with E-state index in [0.29, 0.717) is 17.0 Å². The minimum Gasteiger partial charge on any atom is -0.484 e. The largest absolute Gasteiger partial charge is 0.484 e. The van der Waals surface area contributed by atoms with E-state index in [1.165, 1.54) is 16.4 Å². The van der Waals surface area contributed by atoms with E-state index in [-0.39, 0.29) is 30.9 Å². The van der Waals surface area contributed by atoms with Gasteiger partial charge in [-0.1, -0.05) is 24.3 Å². The van der Waals surface area contributed by atoms with Gasteiger partial charge in [-0.2, -0.15) is 0 Å². The molecular formula is C25H27FN2O4S2. The summed E-state index contributed by atoms with van der Waals surface area (Å²) < 4.78 is 44.6. The van der Waals surface area contributed by atoms with E-state index in [4.69, 9.17) is 4.74 Å². The van der Waals surface area contributed by atoms with E-state index in [2.05, 4.69) is 5.32 Å². The van der Waals surface area contributed by atoms with Crippen LogP contribution in [-0.4, -0.2) is 33.4 Å². The van der Waals surface area contributed by atoms with Crippen LogP contribution in [0.3, 0.4) is 0 Å². The molecule has 0 radical (unpaired) electrons. The number of rotatable bonds is 10. The van der Waals surface area contributed by atoms with Crippen LogP contribution in [0, 0.1) is 5.82 Å². The molecule has 0 saturated carbocycles. The van der Waals surface area contributed by atoms with Crippen molar-refractivity contribution < 1.29 is 22.3 Å². The lowest BCUT2D eigenvalue weighted by molar-refractivity contribution is -0.123. The Labute approximate surface area is 204 Å². The Morgan fingerprint density at radius 3 is 2.21 bits per heavy atom. The van der Waals surface area contributed by atoms with Crippen molar-refractivity contribution in [1.82, 2.24) is 5.32 Å². The summed E-state index contributed by atoms with van der Waals surface area (Å²) in [6, 6.07) is 19.9. The van der Waals surface area contributed by atoms with Crippen LogP contribution in [0.25, 0.3) is 0 Å². The predicted molar refractivity (Wildman–Crippen MR) is 134 cm³/mol. The number of benzene rings is 3. The van der Waals surface area contributed by atoms with Crippen LogP contribution >= 0.6 is 11.8 Å². The maximum absolute atomic E-state index is 13.2. The second-order valence-corrected chi connectivity index (χ2v) is 10.5. The average molecular weight is 503 g/mol. The van der Waals surface area contributed by atoms with Gasteiger partial charge in [-0.15, -0.1) is 11.8 Å². The maximum atomic E-state index is 13.2. The molecule has 0 saturated heterocycles. The molecule has 0 aliphatic carbocycles. The zero-order valence-electron chi connectivity index (χ0n) is 19.2. The highest BCUT2D eigenvalue weighted by atomic mass is 32.2. The number of hydrogen-bond donors (Lipinski definition) is 1. The predicted octanol–water partition coefficient (Wildman–Crippen LogP) is 4.77. The van der Waals surface area contributed by atoms with Crippen LogP contribution in [0.2, 0.25) is 0 Å². The summed E-state index contributed by atoms with van der Waals surface area (Å²) in [4.78, 5) is 13.5. The van der Waals surface area contributed by atoms with E-state index in [1.54, 1.807) is 48.2 Å². The summed E-state index contributed by atoms with van der Waals surface area (Å²) in [5.74, 6) is -0.214. The third-order valence-corrected chi connectivity index (χ3v) is 7.01.